The number of guanidine groups is 1. The Hall–Kier alpha value is -3.89. The lowest BCUT2D eigenvalue weighted by Crippen LogP contribution is -2.41. The normalized spacial score (nSPS) is 12.4. The Bertz CT molecular complexity index is 1820. The molecule has 46 heavy (non-hydrogen) atoms. The number of hydrogen-bond acceptors (Lipinski definition) is 6. The molecule has 4 rings (SSSR count). The van der Waals surface area contributed by atoms with Gasteiger partial charge in [0.1, 0.15) is 11.4 Å². The van der Waals surface area contributed by atoms with Crippen molar-refractivity contribution in [1.82, 2.24) is 13.4 Å². The maximum Gasteiger partial charge on any atom is 0.573 e. The van der Waals surface area contributed by atoms with E-state index in [1.165, 1.54) is 42.6 Å². The second-order valence-corrected chi connectivity index (χ2v) is 13.6. The van der Waals surface area contributed by atoms with Crippen LogP contribution in [0.4, 0.5) is 18.0 Å². The van der Waals surface area contributed by atoms with Gasteiger partial charge in [-0.2, -0.15) is 11.5 Å². The Morgan fingerprint density at radius 3 is 2.17 bits per heavy atom. The van der Waals surface area contributed by atoms with E-state index in [2.05, 4.69) is 19.4 Å². The van der Waals surface area contributed by atoms with Crippen molar-refractivity contribution < 1.29 is 35.9 Å². The summed E-state index contributed by atoms with van der Waals surface area (Å²) < 4.78 is 78.5. The number of benzene rings is 3. The molecule has 4 aromatic rings. The summed E-state index contributed by atoms with van der Waals surface area (Å²) >= 11 is 7.70. The third-order valence-electron chi connectivity index (χ3n) is 5.90. The average Bonchev–Trinajstić information content (AvgIpc) is 2.98. The molecular formula is C31H27ClF3IN4O5S. The van der Waals surface area contributed by atoms with E-state index >= 15 is 0 Å². The smallest absolute Gasteiger partial charge is 0.443 e. The number of sulfonamides is 1. The van der Waals surface area contributed by atoms with Gasteiger partial charge in [-0.3, -0.25) is 4.98 Å². The van der Waals surface area contributed by atoms with Crippen LogP contribution in [0.3, 0.4) is 0 Å². The number of pyridine rings is 1. The number of rotatable bonds is 7. The number of hydrogen-bond donors (Lipinski definition) is 1. The first-order valence-corrected chi connectivity index (χ1v) is 16.2. The summed E-state index contributed by atoms with van der Waals surface area (Å²) in [6, 6.07) is 21.4. The molecule has 0 bridgehead atoms. The Labute approximate surface area is 283 Å². The minimum atomic E-state index is -4.83. The standard InChI is InChI=1S/C31H27ClF3IN4O5S/c1-30(2,3)45-29(41)40(36)28(39-46(42,43)25-7-5-4-6-8-25)38-19-20-17-26(21-9-13-23(32)14-10-21)27(37-18-20)22-11-15-24(16-12-22)44-31(33,34)35/h4-18H,19H2,1-3H3,(H,38,39). The first-order valence-electron chi connectivity index (χ1n) is 13.4. The van der Waals surface area contributed by atoms with Crippen LogP contribution in [-0.4, -0.2) is 40.5 Å². The lowest BCUT2D eigenvalue weighted by Gasteiger charge is -2.24. The fraction of sp³-hybridized carbons (Fsp3) is 0.194. The Balaban J connectivity index is 1.70. The van der Waals surface area contributed by atoms with E-state index < -0.39 is 28.1 Å². The fourth-order valence-corrected chi connectivity index (χ4v) is 5.59. The molecule has 9 nitrogen and oxygen atoms in total. The highest BCUT2D eigenvalue weighted by Crippen LogP contribution is 2.33. The van der Waals surface area contributed by atoms with E-state index in [1.807, 2.05) is 0 Å². The predicted molar refractivity (Wildman–Crippen MR) is 177 cm³/mol. The average molecular weight is 787 g/mol. The van der Waals surface area contributed by atoms with Gasteiger partial charge in [0, 0.05) is 28.9 Å². The van der Waals surface area contributed by atoms with Crippen molar-refractivity contribution in [1.29, 1.82) is 0 Å². The van der Waals surface area contributed by atoms with Crippen LogP contribution in [0.15, 0.2) is 100 Å². The molecule has 1 N–H and O–H groups in total. The Kier molecular flexibility index (Phi) is 10.8. The van der Waals surface area contributed by atoms with Gasteiger partial charge in [-0.1, -0.05) is 41.9 Å². The van der Waals surface area contributed by atoms with Gasteiger partial charge in [-0.25, -0.2) is 4.79 Å². The zero-order valence-electron chi connectivity index (χ0n) is 24.5. The molecule has 1 heterocycles. The first-order chi connectivity index (χ1) is 21.5. The number of nitrogens with one attached hydrogen (secondary N) is 1. The summed E-state index contributed by atoms with van der Waals surface area (Å²) in [4.78, 5) is 17.4. The number of aromatic nitrogens is 1. The third-order valence-corrected chi connectivity index (χ3v) is 8.28. The monoisotopic (exact) mass is 786 g/mol. The largest absolute Gasteiger partial charge is 0.573 e. The Morgan fingerprint density at radius 1 is 0.978 bits per heavy atom. The zero-order chi connectivity index (χ0) is 33.7. The van der Waals surface area contributed by atoms with Crippen LogP contribution >= 0.6 is 34.5 Å². The molecular weight excluding hydrogens is 760 g/mol. The molecule has 0 aliphatic rings. The fourth-order valence-electron chi connectivity index (χ4n) is 3.96. The molecule has 0 aliphatic carbocycles. The van der Waals surface area contributed by atoms with Crippen LogP contribution in [0.2, 0.25) is 5.02 Å². The topological polar surface area (TPSA) is 110 Å². The lowest BCUT2D eigenvalue weighted by atomic mass is 9.98. The molecule has 0 unspecified atom stereocenters. The zero-order valence-corrected chi connectivity index (χ0v) is 28.3. The molecule has 0 atom stereocenters. The number of carbonyl (C=O) groups excluding carboxylic acids is 1. The summed E-state index contributed by atoms with van der Waals surface area (Å²) in [5, 5.41) is 3.40. The summed E-state index contributed by atoms with van der Waals surface area (Å²) in [5.74, 6) is -0.688. The molecule has 0 saturated heterocycles. The summed E-state index contributed by atoms with van der Waals surface area (Å²) in [6.07, 6.45) is -4.17. The van der Waals surface area contributed by atoms with Gasteiger partial charge >= 0.3 is 12.5 Å². The summed E-state index contributed by atoms with van der Waals surface area (Å²) in [5.41, 5.74) is 1.97. The highest BCUT2D eigenvalue weighted by Gasteiger charge is 2.31. The van der Waals surface area contributed by atoms with E-state index in [1.54, 1.807) is 92.2 Å². The summed E-state index contributed by atoms with van der Waals surface area (Å²) in [6.45, 7) is 4.98. The van der Waals surface area contributed by atoms with Crippen molar-refractivity contribution in [2.45, 2.75) is 44.2 Å². The van der Waals surface area contributed by atoms with Crippen LogP contribution in [0.25, 0.3) is 22.4 Å². The lowest BCUT2D eigenvalue weighted by molar-refractivity contribution is -0.274. The number of nitrogens with zero attached hydrogens (tertiary/aromatic N) is 3. The van der Waals surface area contributed by atoms with Crippen molar-refractivity contribution in [2.24, 2.45) is 4.40 Å². The van der Waals surface area contributed by atoms with Crippen LogP contribution in [0.1, 0.15) is 26.3 Å². The van der Waals surface area contributed by atoms with Crippen LogP contribution in [-0.2, 0) is 21.3 Å². The summed E-state index contributed by atoms with van der Waals surface area (Å²) in [7, 11) is -4.24. The third kappa shape index (κ3) is 9.80. The first kappa shape index (κ1) is 35.0. The van der Waals surface area contributed by atoms with E-state index in [0.29, 0.717) is 33.0 Å². The maximum absolute atomic E-state index is 13.1. The van der Waals surface area contributed by atoms with Crippen molar-refractivity contribution in [3.63, 3.8) is 0 Å². The van der Waals surface area contributed by atoms with Crippen molar-refractivity contribution in [3.05, 3.63) is 102 Å². The van der Waals surface area contributed by atoms with Gasteiger partial charge in [0.2, 0.25) is 5.96 Å². The predicted octanol–water partition coefficient (Wildman–Crippen LogP) is 8.39. The SMILES string of the molecule is CC(C)(C)OC(=O)N(I)C(=NS(=O)(=O)c1ccccc1)NCc1cnc(-c2ccc(OC(F)(F)F)cc2)c(-c2ccc(Cl)cc2)c1. The van der Waals surface area contributed by atoms with E-state index in [0.717, 1.165) is 3.11 Å². The van der Waals surface area contributed by atoms with E-state index in [4.69, 9.17) is 16.3 Å². The molecule has 0 saturated carbocycles. The molecule has 0 spiro atoms. The molecule has 242 valence electrons. The second kappa shape index (κ2) is 14.3. The highest BCUT2D eigenvalue weighted by molar-refractivity contribution is 14.1. The van der Waals surface area contributed by atoms with Crippen LogP contribution < -0.4 is 10.1 Å². The molecule has 1 amide bonds. The molecule has 0 aliphatic heterocycles. The van der Waals surface area contributed by atoms with Crippen LogP contribution in [0, 0.1) is 0 Å². The number of halogens is 5. The van der Waals surface area contributed by atoms with Gasteiger partial charge in [0.05, 0.1) is 33.5 Å². The molecule has 0 radical (unpaired) electrons. The van der Waals surface area contributed by atoms with Gasteiger partial charge in [-0.05, 0) is 86.5 Å². The van der Waals surface area contributed by atoms with Crippen molar-refractivity contribution >= 4 is 56.5 Å². The van der Waals surface area contributed by atoms with Gasteiger partial charge < -0.3 is 14.8 Å². The maximum atomic E-state index is 13.1. The van der Waals surface area contributed by atoms with Crippen molar-refractivity contribution in [3.8, 4) is 28.1 Å². The molecule has 0 fully saturated rings. The number of carbonyl (C=O) groups is 1. The molecule has 15 heteroatoms. The van der Waals surface area contributed by atoms with E-state index in [9.17, 15) is 26.4 Å². The highest BCUT2D eigenvalue weighted by atomic mass is 127. The molecule has 1 aromatic heterocycles. The minimum absolute atomic E-state index is 0.0301. The van der Waals surface area contributed by atoms with Gasteiger partial charge in [0.25, 0.3) is 10.0 Å². The van der Waals surface area contributed by atoms with Crippen molar-refractivity contribution in [2.75, 3.05) is 0 Å². The van der Waals surface area contributed by atoms with Crippen LogP contribution in [0.5, 0.6) is 5.75 Å². The second-order valence-electron chi connectivity index (χ2n) is 10.6. The number of amides is 1. The number of alkyl halides is 3. The van der Waals surface area contributed by atoms with Gasteiger partial charge in [-0.15, -0.1) is 17.6 Å². The number of ether oxygens (including phenoxy) is 2. The minimum Gasteiger partial charge on any atom is -0.443 e. The molecule has 3 aromatic carbocycles. The van der Waals surface area contributed by atoms with Gasteiger partial charge in [0.15, 0.2) is 0 Å². The van der Waals surface area contributed by atoms with E-state index in [-0.39, 0.29) is 23.1 Å². The Morgan fingerprint density at radius 2 is 1.59 bits per heavy atom. The quantitative estimate of drug-likeness (QED) is 0.0868.